The van der Waals surface area contributed by atoms with Crippen LogP contribution in [0.5, 0.6) is 0 Å². The lowest BCUT2D eigenvalue weighted by Crippen LogP contribution is -2.27. The lowest BCUT2D eigenvalue weighted by atomic mass is 10.0. The van der Waals surface area contributed by atoms with E-state index in [2.05, 4.69) is 5.32 Å². The number of hydrogen-bond acceptors (Lipinski definition) is 1. The van der Waals surface area contributed by atoms with E-state index in [9.17, 15) is 9.18 Å². The Morgan fingerprint density at radius 3 is 2.26 bits per heavy atom. The highest BCUT2D eigenvalue weighted by molar-refractivity contribution is 6.33. The first kappa shape index (κ1) is 18.9. The van der Waals surface area contributed by atoms with E-state index in [1.807, 2.05) is 55.5 Å². The molecule has 0 saturated carbocycles. The van der Waals surface area contributed by atoms with Crippen LogP contribution in [0.15, 0.2) is 78.9 Å². The second-order valence-electron chi connectivity index (χ2n) is 6.19. The third-order valence-corrected chi connectivity index (χ3v) is 4.60. The number of carbonyl (C=O) groups excluding carboxylic acids is 1. The molecule has 0 spiro atoms. The van der Waals surface area contributed by atoms with Gasteiger partial charge in [-0.05, 0) is 47.9 Å². The number of amides is 1. The fraction of sp³-hybridized carbons (Fsp3) is 0.0870. The highest BCUT2D eigenvalue weighted by Gasteiger charge is 2.16. The first-order chi connectivity index (χ1) is 13.0. The molecule has 27 heavy (non-hydrogen) atoms. The molecular weight excluding hydrogens is 361 g/mol. The van der Waals surface area contributed by atoms with Gasteiger partial charge in [-0.1, -0.05) is 72.3 Å². The molecule has 2 nitrogen and oxygen atoms in total. The Morgan fingerprint density at radius 2 is 1.59 bits per heavy atom. The standard InChI is InChI=1S/C23H19ClFNO/c1-16(17-11-13-20(25)14-12-17)26-23(27)21(18-7-3-2-4-8-18)15-19-9-5-6-10-22(19)24/h2-16H,1H3,(H,26,27)/b21-15+/t16-/m0/s1. The molecule has 1 atom stereocenters. The Labute approximate surface area is 163 Å². The number of nitrogens with one attached hydrogen (secondary N) is 1. The average molecular weight is 380 g/mol. The molecule has 0 radical (unpaired) electrons. The summed E-state index contributed by atoms with van der Waals surface area (Å²) in [6.45, 7) is 1.86. The lowest BCUT2D eigenvalue weighted by Gasteiger charge is -2.16. The molecule has 1 N–H and O–H groups in total. The smallest absolute Gasteiger partial charge is 0.252 e. The molecule has 0 fully saturated rings. The van der Waals surface area contributed by atoms with E-state index in [1.165, 1.54) is 12.1 Å². The Balaban J connectivity index is 1.92. The van der Waals surface area contributed by atoms with Gasteiger partial charge in [0.25, 0.3) is 5.91 Å². The van der Waals surface area contributed by atoms with Crippen molar-refractivity contribution in [3.8, 4) is 0 Å². The number of rotatable bonds is 5. The lowest BCUT2D eigenvalue weighted by molar-refractivity contribution is -0.116. The van der Waals surface area contributed by atoms with Crippen molar-refractivity contribution in [1.82, 2.24) is 5.32 Å². The van der Waals surface area contributed by atoms with Gasteiger partial charge in [-0.3, -0.25) is 4.79 Å². The monoisotopic (exact) mass is 379 g/mol. The number of benzene rings is 3. The van der Waals surface area contributed by atoms with Crippen molar-refractivity contribution in [2.45, 2.75) is 13.0 Å². The maximum atomic E-state index is 13.1. The third kappa shape index (κ3) is 4.83. The van der Waals surface area contributed by atoms with Gasteiger partial charge in [-0.25, -0.2) is 4.39 Å². The summed E-state index contributed by atoms with van der Waals surface area (Å²) in [7, 11) is 0. The van der Waals surface area contributed by atoms with Gasteiger partial charge in [0.2, 0.25) is 0 Å². The van der Waals surface area contributed by atoms with Gasteiger partial charge >= 0.3 is 0 Å². The van der Waals surface area contributed by atoms with Gasteiger partial charge in [0, 0.05) is 10.6 Å². The summed E-state index contributed by atoms with van der Waals surface area (Å²) in [5.41, 5.74) is 2.90. The number of carbonyl (C=O) groups is 1. The van der Waals surface area contributed by atoms with E-state index in [1.54, 1.807) is 24.3 Å². The molecule has 3 rings (SSSR count). The molecule has 0 aromatic heterocycles. The van der Waals surface area contributed by atoms with Gasteiger partial charge in [0.05, 0.1) is 6.04 Å². The highest BCUT2D eigenvalue weighted by atomic mass is 35.5. The summed E-state index contributed by atoms with van der Waals surface area (Å²) >= 11 is 6.27. The molecule has 0 bridgehead atoms. The minimum Gasteiger partial charge on any atom is -0.345 e. The minimum absolute atomic E-state index is 0.224. The highest BCUT2D eigenvalue weighted by Crippen LogP contribution is 2.24. The van der Waals surface area contributed by atoms with Crippen LogP contribution in [0, 0.1) is 5.82 Å². The van der Waals surface area contributed by atoms with Gasteiger partial charge in [0.1, 0.15) is 5.82 Å². The summed E-state index contributed by atoms with van der Waals surface area (Å²) in [4.78, 5) is 13.0. The molecule has 3 aromatic rings. The van der Waals surface area contributed by atoms with Crippen LogP contribution in [0.4, 0.5) is 4.39 Å². The van der Waals surface area contributed by atoms with E-state index < -0.39 is 0 Å². The summed E-state index contributed by atoms with van der Waals surface area (Å²) in [6.07, 6.45) is 1.78. The van der Waals surface area contributed by atoms with Crippen molar-refractivity contribution in [3.63, 3.8) is 0 Å². The van der Waals surface area contributed by atoms with Crippen LogP contribution in [0.2, 0.25) is 5.02 Å². The van der Waals surface area contributed by atoms with Crippen molar-refractivity contribution in [2.24, 2.45) is 0 Å². The first-order valence-electron chi connectivity index (χ1n) is 8.62. The Bertz CT molecular complexity index is 952. The number of hydrogen-bond donors (Lipinski definition) is 1. The molecule has 0 heterocycles. The summed E-state index contributed by atoms with van der Waals surface area (Å²) in [5, 5.41) is 3.56. The van der Waals surface area contributed by atoms with E-state index in [-0.39, 0.29) is 17.8 Å². The average Bonchev–Trinajstić information content (AvgIpc) is 2.68. The van der Waals surface area contributed by atoms with Crippen LogP contribution in [-0.4, -0.2) is 5.91 Å². The van der Waals surface area contributed by atoms with Crippen LogP contribution in [0.25, 0.3) is 11.6 Å². The van der Waals surface area contributed by atoms with Crippen LogP contribution >= 0.6 is 11.6 Å². The molecule has 0 aliphatic heterocycles. The Hall–Kier alpha value is -2.91. The second-order valence-corrected chi connectivity index (χ2v) is 6.60. The van der Waals surface area contributed by atoms with E-state index in [0.29, 0.717) is 10.6 Å². The fourth-order valence-electron chi connectivity index (χ4n) is 2.75. The van der Waals surface area contributed by atoms with E-state index in [0.717, 1.165) is 16.7 Å². The molecule has 0 saturated heterocycles. The topological polar surface area (TPSA) is 29.1 Å². The second kappa shape index (κ2) is 8.65. The minimum atomic E-state index is -0.305. The molecule has 0 aliphatic carbocycles. The zero-order valence-corrected chi connectivity index (χ0v) is 15.6. The van der Waals surface area contributed by atoms with Crippen LogP contribution in [0.3, 0.4) is 0 Å². The van der Waals surface area contributed by atoms with Gasteiger partial charge in [-0.2, -0.15) is 0 Å². The van der Waals surface area contributed by atoms with Crippen LogP contribution < -0.4 is 5.32 Å². The van der Waals surface area contributed by atoms with Crippen molar-refractivity contribution in [2.75, 3.05) is 0 Å². The van der Waals surface area contributed by atoms with E-state index >= 15 is 0 Å². The molecule has 3 aromatic carbocycles. The van der Waals surface area contributed by atoms with E-state index in [4.69, 9.17) is 11.6 Å². The predicted octanol–water partition coefficient (Wildman–Crippen LogP) is 5.90. The van der Waals surface area contributed by atoms with Crippen molar-refractivity contribution < 1.29 is 9.18 Å². The van der Waals surface area contributed by atoms with Crippen LogP contribution in [-0.2, 0) is 4.79 Å². The SMILES string of the molecule is C[C@H](NC(=O)/C(=C/c1ccccc1Cl)c1ccccc1)c1ccc(F)cc1. The third-order valence-electron chi connectivity index (χ3n) is 4.25. The quantitative estimate of drug-likeness (QED) is 0.434. The zero-order valence-electron chi connectivity index (χ0n) is 14.8. The van der Waals surface area contributed by atoms with Crippen molar-refractivity contribution in [1.29, 1.82) is 0 Å². The molecule has 4 heteroatoms. The maximum Gasteiger partial charge on any atom is 0.252 e. The maximum absolute atomic E-state index is 13.1. The number of halogens is 2. The summed E-state index contributed by atoms with van der Waals surface area (Å²) in [6, 6.07) is 22.6. The van der Waals surface area contributed by atoms with Crippen LogP contribution in [0.1, 0.15) is 29.7 Å². The fourth-order valence-corrected chi connectivity index (χ4v) is 2.94. The summed E-state index contributed by atoms with van der Waals surface area (Å²) in [5.74, 6) is -0.529. The van der Waals surface area contributed by atoms with Crippen molar-refractivity contribution >= 4 is 29.2 Å². The Kier molecular flexibility index (Phi) is 6.05. The molecular formula is C23H19ClFNO. The van der Waals surface area contributed by atoms with Gasteiger partial charge < -0.3 is 5.32 Å². The molecule has 0 aliphatic rings. The normalized spacial score (nSPS) is 12.5. The first-order valence-corrected chi connectivity index (χ1v) is 9.00. The van der Waals surface area contributed by atoms with Gasteiger partial charge in [0.15, 0.2) is 0 Å². The molecule has 1 amide bonds. The predicted molar refractivity (Wildman–Crippen MR) is 109 cm³/mol. The summed E-state index contributed by atoms with van der Waals surface area (Å²) < 4.78 is 13.1. The largest absolute Gasteiger partial charge is 0.345 e. The van der Waals surface area contributed by atoms with Crippen molar-refractivity contribution in [3.05, 3.63) is 106 Å². The molecule has 136 valence electrons. The van der Waals surface area contributed by atoms with Gasteiger partial charge in [-0.15, -0.1) is 0 Å². The zero-order chi connectivity index (χ0) is 19.2. The molecule has 0 unspecified atom stereocenters. The Morgan fingerprint density at radius 1 is 0.963 bits per heavy atom.